The van der Waals surface area contributed by atoms with Gasteiger partial charge in [-0.2, -0.15) is 5.26 Å². The zero-order valence-corrected chi connectivity index (χ0v) is 17.4. The van der Waals surface area contributed by atoms with Gasteiger partial charge in [-0.15, -0.1) is 0 Å². The summed E-state index contributed by atoms with van der Waals surface area (Å²) in [4.78, 5) is 24.5. The third-order valence-electron chi connectivity index (χ3n) is 5.24. The SMILES string of the molecule is COCCCNC(=O)[C@H](C#N)c1nc2ccccc2nc1N1C[C@@H](C)C[C@H](C)C1. The van der Waals surface area contributed by atoms with Crippen LogP contribution in [-0.2, 0) is 9.53 Å². The molecule has 154 valence electrons. The lowest BCUT2D eigenvalue weighted by molar-refractivity contribution is -0.121. The Bertz CT molecular complexity index is 884. The lowest BCUT2D eigenvalue weighted by Crippen LogP contribution is -2.40. The van der Waals surface area contributed by atoms with Crippen LogP contribution in [0.4, 0.5) is 5.82 Å². The van der Waals surface area contributed by atoms with E-state index in [-0.39, 0.29) is 5.91 Å². The van der Waals surface area contributed by atoms with Gasteiger partial charge in [-0.3, -0.25) is 4.79 Å². The molecule has 2 heterocycles. The van der Waals surface area contributed by atoms with E-state index in [9.17, 15) is 10.1 Å². The first kappa shape index (κ1) is 21.0. The molecule has 0 bridgehead atoms. The van der Waals surface area contributed by atoms with Crippen LogP contribution in [0.1, 0.15) is 38.3 Å². The highest BCUT2D eigenvalue weighted by Crippen LogP contribution is 2.31. The molecular formula is C22H29N5O2. The second-order valence-corrected chi connectivity index (χ2v) is 7.97. The minimum absolute atomic E-state index is 0.340. The van der Waals surface area contributed by atoms with E-state index in [1.54, 1.807) is 7.11 Å². The monoisotopic (exact) mass is 395 g/mol. The van der Waals surface area contributed by atoms with E-state index in [2.05, 4.69) is 30.1 Å². The van der Waals surface area contributed by atoms with Crippen molar-refractivity contribution in [3.63, 3.8) is 0 Å². The summed E-state index contributed by atoms with van der Waals surface area (Å²) in [6.45, 7) is 7.15. The number of ether oxygens (including phenoxy) is 1. The van der Waals surface area contributed by atoms with Gasteiger partial charge < -0.3 is 15.0 Å². The molecule has 1 saturated heterocycles. The van der Waals surface area contributed by atoms with Crippen molar-refractivity contribution in [2.45, 2.75) is 32.6 Å². The Morgan fingerprint density at radius 1 is 1.28 bits per heavy atom. The third-order valence-corrected chi connectivity index (χ3v) is 5.24. The van der Waals surface area contributed by atoms with Gasteiger partial charge in [-0.05, 0) is 36.8 Å². The highest BCUT2D eigenvalue weighted by Gasteiger charge is 2.31. The number of amides is 1. The Labute approximate surface area is 172 Å². The summed E-state index contributed by atoms with van der Waals surface area (Å²) < 4.78 is 5.02. The van der Waals surface area contributed by atoms with E-state index in [4.69, 9.17) is 14.7 Å². The van der Waals surface area contributed by atoms with E-state index in [1.165, 1.54) is 0 Å². The fourth-order valence-corrected chi connectivity index (χ4v) is 4.04. The molecule has 3 rings (SSSR count). The summed E-state index contributed by atoms with van der Waals surface area (Å²) in [5.41, 5.74) is 1.91. The first-order valence-electron chi connectivity index (χ1n) is 10.2. The number of para-hydroxylation sites is 2. The maximum atomic E-state index is 12.8. The molecule has 0 aliphatic carbocycles. The van der Waals surface area contributed by atoms with E-state index in [0.717, 1.165) is 25.0 Å². The highest BCUT2D eigenvalue weighted by atomic mass is 16.5. The first-order valence-corrected chi connectivity index (χ1v) is 10.2. The molecule has 1 aromatic heterocycles. The zero-order chi connectivity index (χ0) is 20.8. The largest absolute Gasteiger partial charge is 0.385 e. The van der Waals surface area contributed by atoms with Gasteiger partial charge >= 0.3 is 0 Å². The Morgan fingerprint density at radius 3 is 2.55 bits per heavy atom. The van der Waals surface area contributed by atoms with Crippen LogP contribution in [0, 0.1) is 23.2 Å². The molecule has 0 spiro atoms. The van der Waals surface area contributed by atoms with Crippen molar-refractivity contribution in [3.05, 3.63) is 30.0 Å². The number of rotatable bonds is 7. The minimum atomic E-state index is -1.00. The Kier molecular flexibility index (Phi) is 6.99. The predicted molar refractivity (Wildman–Crippen MR) is 113 cm³/mol. The van der Waals surface area contributed by atoms with Gasteiger partial charge in [0.05, 0.1) is 17.1 Å². The van der Waals surface area contributed by atoms with Crippen LogP contribution in [-0.4, -0.2) is 49.2 Å². The number of carbonyl (C=O) groups excluding carboxylic acids is 1. The molecule has 1 amide bonds. The summed E-state index contributed by atoms with van der Waals surface area (Å²) in [6, 6.07) is 9.74. The number of piperidine rings is 1. The molecule has 1 aromatic carbocycles. The van der Waals surface area contributed by atoms with Crippen molar-refractivity contribution < 1.29 is 9.53 Å². The van der Waals surface area contributed by atoms with Crippen molar-refractivity contribution in [3.8, 4) is 6.07 Å². The van der Waals surface area contributed by atoms with Gasteiger partial charge in [0.25, 0.3) is 0 Å². The lowest BCUT2D eigenvalue weighted by Gasteiger charge is -2.36. The molecule has 0 radical (unpaired) electrons. The van der Waals surface area contributed by atoms with Crippen LogP contribution >= 0.6 is 0 Å². The smallest absolute Gasteiger partial charge is 0.243 e. The van der Waals surface area contributed by atoms with Crippen molar-refractivity contribution in [2.24, 2.45) is 11.8 Å². The molecule has 1 N–H and O–H groups in total. The van der Waals surface area contributed by atoms with Gasteiger partial charge in [-0.1, -0.05) is 26.0 Å². The van der Waals surface area contributed by atoms with Gasteiger partial charge in [-0.25, -0.2) is 9.97 Å². The molecule has 0 unspecified atom stereocenters. The maximum absolute atomic E-state index is 12.8. The molecule has 1 fully saturated rings. The molecule has 1 aliphatic rings. The van der Waals surface area contributed by atoms with Gasteiger partial charge in [0.2, 0.25) is 5.91 Å². The Morgan fingerprint density at radius 2 is 1.93 bits per heavy atom. The number of anilines is 1. The van der Waals surface area contributed by atoms with Crippen LogP contribution < -0.4 is 10.2 Å². The average Bonchev–Trinajstić information content (AvgIpc) is 2.70. The number of nitriles is 1. The normalized spacial score (nSPS) is 20.3. The Hall–Kier alpha value is -2.72. The summed E-state index contributed by atoms with van der Waals surface area (Å²) in [7, 11) is 1.62. The average molecular weight is 396 g/mol. The molecule has 1 aliphatic heterocycles. The van der Waals surface area contributed by atoms with Crippen molar-refractivity contribution >= 4 is 22.8 Å². The second-order valence-electron chi connectivity index (χ2n) is 7.97. The lowest BCUT2D eigenvalue weighted by atomic mass is 9.91. The number of benzene rings is 1. The van der Waals surface area contributed by atoms with E-state index in [1.807, 2.05) is 24.3 Å². The number of nitrogens with zero attached hydrogens (tertiary/aromatic N) is 4. The summed E-state index contributed by atoms with van der Waals surface area (Å²) >= 11 is 0. The minimum Gasteiger partial charge on any atom is -0.385 e. The van der Waals surface area contributed by atoms with E-state index in [0.29, 0.717) is 48.4 Å². The topological polar surface area (TPSA) is 91.1 Å². The molecule has 3 atom stereocenters. The number of nitrogens with one attached hydrogen (secondary N) is 1. The molecule has 7 heteroatoms. The van der Waals surface area contributed by atoms with Crippen LogP contribution in [0.2, 0.25) is 0 Å². The van der Waals surface area contributed by atoms with Crippen molar-refractivity contribution in [1.29, 1.82) is 5.26 Å². The van der Waals surface area contributed by atoms with Gasteiger partial charge in [0.15, 0.2) is 11.7 Å². The van der Waals surface area contributed by atoms with Crippen molar-refractivity contribution in [1.82, 2.24) is 15.3 Å². The number of methoxy groups -OCH3 is 1. The number of hydrogen-bond acceptors (Lipinski definition) is 6. The van der Waals surface area contributed by atoms with E-state index < -0.39 is 5.92 Å². The van der Waals surface area contributed by atoms with Crippen LogP contribution in [0.25, 0.3) is 11.0 Å². The first-order chi connectivity index (χ1) is 14.0. The highest BCUT2D eigenvalue weighted by molar-refractivity contribution is 5.88. The summed E-state index contributed by atoms with van der Waals surface area (Å²) in [5.74, 6) is 0.344. The maximum Gasteiger partial charge on any atom is 0.243 e. The standard InChI is InChI=1S/C22H29N5O2/c1-15-11-16(2)14-27(13-15)21-20(25-18-7-4-5-8-19(18)26-21)17(12-23)22(28)24-9-6-10-29-3/h4-5,7-8,15-17H,6,9-11,13-14H2,1-3H3,(H,24,28)/t15-,16-,17+/m0/s1. The zero-order valence-electron chi connectivity index (χ0n) is 17.4. The van der Waals surface area contributed by atoms with Gasteiger partial charge in [0, 0.05) is 33.4 Å². The molecule has 29 heavy (non-hydrogen) atoms. The number of fused-ring (bicyclic) bond motifs is 1. The number of aromatic nitrogens is 2. The van der Waals surface area contributed by atoms with Crippen molar-refractivity contribution in [2.75, 3.05) is 38.3 Å². The number of carbonyl (C=O) groups is 1. The van der Waals surface area contributed by atoms with Crippen LogP contribution in [0.5, 0.6) is 0 Å². The van der Waals surface area contributed by atoms with Crippen LogP contribution in [0.3, 0.4) is 0 Å². The molecule has 0 saturated carbocycles. The van der Waals surface area contributed by atoms with Crippen LogP contribution in [0.15, 0.2) is 24.3 Å². The third kappa shape index (κ3) is 5.01. The molecule has 7 nitrogen and oxygen atoms in total. The number of hydrogen-bond donors (Lipinski definition) is 1. The Balaban J connectivity index is 1.97. The summed E-state index contributed by atoms with van der Waals surface area (Å²) in [5, 5.41) is 12.7. The fraction of sp³-hybridized carbons (Fsp3) is 0.545. The second kappa shape index (κ2) is 9.66. The van der Waals surface area contributed by atoms with E-state index >= 15 is 0 Å². The molecular weight excluding hydrogens is 366 g/mol. The quantitative estimate of drug-likeness (QED) is 0.725. The molecule has 2 aromatic rings. The predicted octanol–water partition coefficient (Wildman–Crippen LogP) is 2.87. The van der Waals surface area contributed by atoms with Gasteiger partial charge in [0.1, 0.15) is 5.69 Å². The summed E-state index contributed by atoms with van der Waals surface area (Å²) in [6.07, 6.45) is 1.85. The fourth-order valence-electron chi connectivity index (χ4n) is 4.04.